The number of hydrogen-bond donors (Lipinski definition) is 0. The minimum atomic E-state index is 0. The van der Waals surface area contributed by atoms with Gasteiger partial charge in [-0.05, 0) is 20.3 Å². The van der Waals surface area contributed by atoms with E-state index >= 15 is 0 Å². The summed E-state index contributed by atoms with van der Waals surface area (Å²) in [6, 6.07) is 0. The van der Waals surface area contributed by atoms with Crippen molar-refractivity contribution in [2.24, 2.45) is 0 Å². The SMILES string of the molecule is CCOC(CC)OCC.[Br-].[Br-].[Mg+2]. The van der Waals surface area contributed by atoms with E-state index in [-0.39, 0.29) is 63.3 Å². The fourth-order valence-electron chi connectivity index (χ4n) is 0.656. The van der Waals surface area contributed by atoms with Gasteiger partial charge in [0.2, 0.25) is 0 Å². The summed E-state index contributed by atoms with van der Waals surface area (Å²) in [6.07, 6.45) is 0.946. The van der Waals surface area contributed by atoms with Gasteiger partial charge in [-0.15, -0.1) is 0 Å². The summed E-state index contributed by atoms with van der Waals surface area (Å²) < 4.78 is 10.4. The molecule has 0 amide bonds. The largest absolute Gasteiger partial charge is 2.00 e. The summed E-state index contributed by atoms with van der Waals surface area (Å²) in [7, 11) is 0. The molecule has 0 N–H and O–H groups in total. The van der Waals surface area contributed by atoms with Gasteiger partial charge >= 0.3 is 23.1 Å². The number of ether oxygens (including phenoxy) is 2. The van der Waals surface area contributed by atoms with Crippen LogP contribution in [0.3, 0.4) is 0 Å². The summed E-state index contributed by atoms with van der Waals surface area (Å²) in [5, 5.41) is 0. The maximum atomic E-state index is 5.21. The first-order valence-corrected chi connectivity index (χ1v) is 3.58. The topological polar surface area (TPSA) is 18.5 Å². The van der Waals surface area contributed by atoms with Crippen molar-refractivity contribution in [2.45, 2.75) is 33.5 Å². The molecule has 0 saturated carbocycles. The Kier molecular flexibility index (Phi) is 36.0. The second-order valence-electron chi connectivity index (χ2n) is 1.75. The van der Waals surface area contributed by atoms with E-state index in [0.717, 1.165) is 19.6 Å². The molecule has 0 fully saturated rings. The summed E-state index contributed by atoms with van der Waals surface area (Å²) >= 11 is 0. The third-order valence-corrected chi connectivity index (χ3v) is 1.04. The molecule has 0 radical (unpaired) electrons. The Morgan fingerprint density at radius 2 is 1.25 bits per heavy atom. The molecule has 0 aromatic rings. The second-order valence-corrected chi connectivity index (χ2v) is 1.75. The van der Waals surface area contributed by atoms with Crippen LogP contribution in [0.15, 0.2) is 0 Å². The molecule has 5 heteroatoms. The zero-order valence-corrected chi connectivity index (χ0v) is 12.6. The first kappa shape index (κ1) is 23.5. The van der Waals surface area contributed by atoms with Gasteiger partial charge in [-0.3, -0.25) is 0 Å². The van der Waals surface area contributed by atoms with Crippen molar-refractivity contribution in [2.75, 3.05) is 13.2 Å². The van der Waals surface area contributed by atoms with E-state index in [1.807, 2.05) is 13.8 Å². The molecule has 0 aromatic heterocycles. The van der Waals surface area contributed by atoms with Gasteiger partial charge in [-0.25, -0.2) is 0 Å². The van der Waals surface area contributed by atoms with E-state index in [2.05, 4.69) is 6.92 Å². The third-order valence-electron chi connectivity index (χ3n) is 1.04. The molecule has 12 heavy (non-hydrogen) atoms. The van der Waals surface area contributed by atoms with Gasteiger partial charge in [-0.1, -0.05) is 6.92 Å². The number of halogens is 2. The van der Waals surface area contributed by atoms with Crippen LogP contribution in [-0.4, -0.2) is 42.6 Å². The van der Waals surface area contributed by atoms with Crippen LogP contribution >= 0.6 is 0 Å². The van der Waals surface area contributed by atoms with Crippen molar-refractivity contribution >= 4 is 23.1 Å². The van der Waals surface area contributed by atoms with Gasteiger partial charge in [0.05, 0.1) is 0 Å². The van der Waals surface area contributed by atoms with Crippen molar-refractivity contribution < 1.29 is 43.4 Å². The van der Waals surface area contributed by atoms with E-state index in [1.165, 1.54) is 0 Å². The van der Waals surface area contributed by atoms with Crippen molar-refractivity contribution in [3.05, 3.63) is 0 Å². The monoisotopic (exact) mass is 314 g/mol. The third kappa shape index (κ3) is 14.2. The Morgan fingerprint density at radius 1 is 0.917 bits per heavy atom. The minimum absolute atomic E-state index is 0. The molecule has 0 saturated heterocycles. The quantitative estimate of drug-likeness (QED) is 0.376. The average Bonchev–Trinajstić information content (AvgIpc) is 1.88. The molecule has 0 heterocycles. The van der Waals surface area contributed by atoms with Gasteiger partial charge in [-0.2, -0.15) is 0 Å². The van der Waals surface area contributed by atoms with Crippen LogP contribution < -0.4 is 34.0 Å². The number of rotatable bonds is 5. The molecule has 0 aromatic carbocycles. The van der Waals surface area contributed by atoms with Gasteiger partial charge in [0.1, 0.15) is 0 Å². The molecule has 0 rings (SSSR count). The van der Waals surface area contributed by atoms with Crippen molar-refractivity contribution in [1.29, 1.82) is 0 Å². The first-order chi connectivity index (χ1) is 4.35. The summed E-state index contributed by atoms with van der Waals surface area (Å²) in [5.41, 5.74) is 0. The Morgan fingerprint density at radius 3 is 1.42 bits per heavy atom. The first-order valence-electron chi connectivity index (χ1n) is 3.58. The standard InChI is InChI=1S/C7H16O2.2BrH.Mg/c1-4-7(8-5-2)9-6-3;;;/h7H,4-6H2,1-3H3;2*1H;/q;;;+2/p-2. The number of hydrogen-bond acceptors (Lipinski definition) is 2. The van der Waals surface area contributed by atoms with Crippen LogP contribution in [0.1, 0.15) is 27.2 Å². The van der Waals surface area contributed by atoms with E-state index in [1.54, 1.807) is 0 Å². The van der Waals surface area contributed by atoms with Gasteiger partial charge in [0, 0.05) is 13.2 Å². The summed E-state index contributed by atoms with van der Waals surface area (Å²) in [4.78, 5) is 0. The van der Waals surface area contributed by atoms with Crippen molar-refractivity contribution in [3.63, 3.8) is 0 Å². The van der Waals surface area contributed by atoms with Crippen LogP contribution in [0, 0.1) is 0 Å². The Labute approximate surface area is 112 Å². The maximum Gasteiger partial charge on any atom is 2.00 e. The summed E-state index contributed by atoms with van der Waals surface area (Å²) in [6.45, 7) is 7.47. The van der Waals surface area contributed by atoms with E-state index in [9.17, 15) is 0 Å². The smallest absolute Gasteiger partial charge is 1.00 e. The zero-order valence-electron chi connectivity index (χ0n) is 7.98. The Hall–Kier alpha value is 1.65. The van der Waals surface area contributed by atoms with Crippen molar-refractivity contribution in [3.8, 4) is 0 Å². The average molecular weight is 316 g/mol. The van der Waals surface area contributed by atoms with Crippen LogP contribution in [0.25, 0.3) is 0 Å². The zero-order chi connectivity index (χ0) is 7.11. The predicted molar refractivity (Wildman–Crippen MR) is 43.1 cm³/mol. The van der Waals surface area contributed by atoms with Gasteiger partial charge in [0.25, 0.3) is 0 Å². The Balaban J connectivity index is -0.000000107. The van der Waals surface area contributed by atoms with E-state index in [0.29, 0.717) is 0 Å². The molecule has 0 atom stereocenters. The molecule has 2 nitrogen and oxygen atoms in total. The predicted octanol–water partition coefficient (Wildman–Crippen LogP) is -4.58. The van der Waals surface area contributed by atoms with Crippen LogP contribution in [0.5, 0.6) is 0 Å². The molecular formula is C7H16Br2MgO2. The Bertz CT molecular complexity index is 61.4. The molecule has 0 unspecified atom stereocenters. The molecular weight excluding hydrogens is 300 g/mol. The molecule has 0 aliphatic carbocycles. The van der Waals surface area contributed by atoms with E-state index in [4.69, 9.17) is 9.47 Å². The van der Waals surface area contributed by atoms with E-state index < -0.39 is 0 Å². The maximum absolute atomic E-state index is 5.21. The summed E-state index contributed by atoms with van der Waals surface area (Å²) in [5.74, 6) is 0. The fraction of sp³-hybridized carbons (Fsp3) is 1.00. The molecule has 0 bridgehead atoms. The van der Waals surface area contributed by atoms with Gasteiger partial charge in [0.15, 0.2) is 6.29 Å². The van der Waals surface area contributed by atoms with Crippen LogP contribution in [-0.2, 0) is 9.47 Å². The second kappa shape index (κ2) is 18.4. The van der Waals surface area contributed by atoms with Gasteiger partial charge < -0.3 is 43.4 Å². The molecule has 0 spiro atoms. The minimum Gasteiger partial charge on any atom is -1.00 e. The normalized spacial score (nSPS) is 8.00. The fourth-order valence-corrected chi connectivity index (χ4v) is 0.656. The molecule has 72 valence electrons. The van der Waals surface area contributed by atoms with Crippen molar-refractivity contribution in [1.82, 2.24) is 0 Å². The van der Waals surface area contributed by atoms with Crippen LogP contribution in [0.2, 0.25) is 0 Å². The molecule has 0 aliphatic rings. The molecule has 0 aliphatic heterocycles. The van der Waals surface area contributed by atoms with Crippen LogP contribution in [0.4, 0.5) is 0 Å².